The maximum absolute atomic E-state index is 11.4. The number of hydrogen-bond donors (Lipinski definition) is 2. The number of carbonyl (C=O) groups excluding carboxylic acids is 1. The van der Waals surface area contributed by atoms with Crippen LogP contribution in [-0.4, -0.2) is 28.9 Å². The third-order valence-electron chi connectivity index (χ3n) is 2.78. The number of anilines is 1. The molecule has 2 aromatic rings. The summed E-state index contributed by atoms with van der Waals surface area (Å²) in [6.07, 6.45) is 1.20. The van der Waals surface area contributed by atoms with E-state index in [-0.39, 0.29) is 17.6 Å². The molecule has 0 aliphatic carbocycles. The van der Waals surface area contributed by atoms with Gasteiger partial charge < -0.3 is 15.1 Å². The van der Waals surface area contributed by atoms with Crippen LogP contribution in [0.2, 0.25) is 0 Å². The van der Waals surface area contributed by atoms with Crippen LogP contribution in [0.1, 0.15) is 19.8 Å². The van der Waals surface area contributed by atoms with Gasteiger partial charge in [0.05, 0.1) is 11.0 Å². The molecule has 8 nitrogen and oxygen atoms in total. The fourth-order valence-corrected chi connectivity index (χ4v) is 1.74. The fourth-order valence-electron chi connectivity index (χ4n) is 1.74. The molecular formula is C13H16N4O4. The number of oxazole rings is 1. The van der Waals surface area contributed by atoms with Crippen molar-refractivity contribution in [3.63, 3.8) is 0 Å². The van der Waals surface area contributed by atoms with Crippen molar-refractivity contribution in [3.05, 3.63) is 28.3 Å². The molecule has 0 unspecified atom stereocenters. The third-order valence-corrected chi connectivity index (χ3v) is 2.78. The Bertz CT molecular complexity index is 653. The van der Waals surface area contributed by atoms with E-state index >= 15 is 0 Å². The SMILES string of the molecule is CCCNC(=O)CCNc1nc2ccc([N+](=O)[O-])cc2o1. The summed E-state index contributed by atoms with van der Waals surface area (Å²) >= 11 is 0. The number of aromatic nitrogens is 1. The average Bonchev–Trinajstić information content (AvgIpc) is 2.86. The van der Waals surface area contributed by atoms with Crippen molar-refractivity contribution < 1.29 is 14.1 Å². The summed E-state index contributed by atoms with van der Waals surface area (Å²) in [4.78, 5) is 25.7. The van der Waals surface area contributed by atoms with Crippen LogP contribution in [0.15, 0.2) is 22.6 Å². The largest absolute Gasteiger partial charge is 0.423 e. The van der Waals surface area contributed by atoms with Crippen LogP contribution in [0, 0.1) is 10.1 Å². The number of hydrogen-bond acceptors (Lipinski definition) is 6. The molecule has 8 heteroatoms. The van der Waals surface area contributed by atoms with Crippen molar-refractivity contribution in [1.82, 2.24) is 10.3 Å². The first-order valence-corrected chi connectivity index (χ1v) is 6.65. The van der Waals surface area contributed by atoms with Crippen LogP contribution >= 0.6 is 0 Å². The van der Waals surface area contributed by atoms with Crippen molar-refractivity contribution >= 4 is 28.7 Å². The summed E-state index contributed by atoms with van der Waals surface area (Å²) in [6.45, 7) is 3.02. The van der Waals surface area contributed by atoms with Gasteiger partial charge in [-0.15, -0.1) is 0 Å². The molecule has 0 spiro atoms. The number of benzene rings is 1. The third kappa shape index (κ3) is 3.91. The monoisotopic (exact) mass is 292 g/mol. The Morgan fingerprint density at radius 1 is 1.43 bits per heavy atom. The number of rotatable bonds is 7. The number of nitrogens with one attached hydrogen (secondary N) is 2. The van der Waals surface area contributed by atoms with E-state index in [0.717, 1.165) is 6.42 Å². The molecule has 0 aliphatic heterocycles. The minimum Gasteiger partial charge on any atom is -0.423 e. The van der Waals surface area contributed by atoms with Gasteiger partial charge in [-0.25, -0.2) is 0 Å². The second kappa shape index (κ2) is 6.69. The first-order valence-electron chi connectivity index (χ1n) is 6.65. The molecule has 0 saturated carbocycles. The predicted molar refractivity (Wildman–Crippen MR) is 77.1 cm³/mol. The summed E-state index contributed by atoms with van der Waals surface area (Å²) in [6, 6.07) is 4.46. The summed E-state index contributed by atoms with van der Waals surface area (Å²) in [5.74, 6) is -0.0453. The quantitative estimate of drug-likeness (QED) is 0.597. The lowest BCUT2D eigenvalue weighted by Crippen LogP contribution is -2.25. The maximum Gasteiger partial charge on any atom is 0.295 e. The minimum atomic E-state index is -0.493. The van der Waals surface area contributed by atoms with Gasteiger partial charge >= 0.3 is 0 Å². The number of non-ortho nitro benzene ring substituents is 1. The standard InChI is InChI=1S/C13H16N4O4/c1-2-6-14-12(18)5-7-15-13-16-10-4-3-9(17(19)20)8-11(10)21-13/h3-4,8H,2,5-7H2,1H3,(H,14,18)(H,15,16). The summed E-state index contributed by atoms with van der Waals surface area (Å²) in [5.41, 5.74) is 0.810. The molecule has 0 atom stereocenters. The van der Waals surface area contributed by atoms with E-state index in [4.69, 9.17) is 4.42 Å². The first kappa shape index (κ1) is 14.8. The molecular weight excluding hydrogens is 276 g/mol. The summed E-state index contributed by atoms with van der Waals surface area (Å²) < 4.78 is 5.36. The van der Waals surface area contributed by atoms with Crippen LogP contribution in [0.25, 0.3) is 11.1 Å². The molecule has 0 saturated heterocycles. The van der Waals surface area contributed by atoms with E-state index in [0.29, 0.717) is 30.6 Å². The van der Waals surface area contributed by atoms with Gasteiger partial charge in [-0.1, -0.05) is 6.92 Å². The van der Waals surface area contributed by atoms with Gasteiger partial charge in [-0.2, -0.15) is 4.98 Å². The molecule has 1 aromatic carbocycles. The Labute approximate surface area is 120 Å². The van der Waals surface area contributed by atoms with Crippen LogP contribution in [0.4, 0.5) is 11.7 Å². The molecule has 1 aromatic heterocycles. The van der Waals surface area contributed by atoms with Gasteiger partial charge in [0, 0.05) is 25.6 Å². The molecule has 112 valence electrons. The van der Waals surface area contributed by atoms with E-state index in [2.05, 4.69) is 15.6 Å². The van der Waals surface area contributed by atoms with E-state index < -0.39 is 4.92 Å². The van der Waals surface area contributed by atoms with Crippen LogP contribution < -0.4 is 10.6 Å². The summed E-state index contributed by atoms with van der Waals surface area (Å²) in [7, 11) is 0. The van der Waals surface area contributed by atoms with Crippen LogP contribution in [0.3, 0.4) is 0 Å². The lowest BCUT2D eigenvalue weighted by Gasteiger charge is -2.03. The Hall–Kier alpha value is -2.64. The number of fused-ring (bicyclic) bond motifs is 1. The van der Waals surface area contributed by atoms with Crippen molar-refractivity contribution in [3.8, 4) is 0 Å². The molecule has 2 rings (SSSR count). The Kier molecular flexibility index (Phi) is 4.70. The number of carbonyl (C=O) groups is 1. The lowest BCUT2D eigenvalue weighted by molar-refractivity contribution is -0.384. The van der Waals surface area contributed by atoms with Crippen molar-refractivity contribution in [1.29, 1.82) is 0 Å². The zero-order chi connectivity index (χ0) is 15.2. The van der Waals surface area contributed by atoms with Crippen molar-refractivity contribution in [2.24, 2.45) is 0 Å². The molecule has 0 fully saturated rings. The average molecular weight is 292 g/mol. The van der Waals surface area contributed by atoms with E-state index in [9.17, 15) is 14.9 Å². The van der Waals surface area contributed by atoms with Gasteiger partial charge in [0.15, 0.2) is 5.58 Å². The van der Waals surface area contributed by atoms with E-state index in [1.807, 2.05) is 6.92 Å². The smallest absolute Gasteiger partial charge is 0.295 e. The van der Waals surface area contributed by atoms with Crippen LogP contribution in [-0.2, 0) is 4.79 Å². The molecule has 2 N–H and O–H groups in total. The lowest BCUT2D eigenvalue weighted by atomic mass is 10.3. The van der Waals surface area contributed by atoms with Crippen molar-refractivity contribution in [2.45, 2.75) is 19.8 Å². The van der Waals surface area contributed by atoms with Gasteiger partial charge in [0.25, 0.3) is 11.7 Å². The molecule has 0 radical (unpaired) electrons. The number of amides is 1. The van der Waals surface area contributed by atoms with Crippen molar-refractivity contribution in [2.75, 3.05) is 18.4 Å². The fraction of sp³-hybridized carbons (Fsp3) is 0.385. The number of nitro benzene ring substituents is 1. The highest BCUT2D eigenvalue weighted by Gasteiger charge is 2.11. The number of nitro groups is 1. The predicted octanol–water partition coefficient (Wildman–Crippen LogP) is 2.06. The van der Waals surface area contributed by atoms with Gasteiger partial charge in [-0.05, 0) is 12.5 Å². The highest BCUT2D eigenvalue weighted by molar-refractivity contribution is 5.78. The zero-order valence-electron chi connectivity index (χ0n) is 11.6. The Balaban J connectivity index is 1.93. The van der Waals surface area contributed by atoms with Gasteiger partial charge in [0.1, 0.15) is 5.52 Å². The Morgan fingerprint density at radius 3 is 2.95 bits per heavy atom. The highest BCUT2D eigenvalue weighted by Crippen LogP contribution is 2.23. The molecule has 1 heterocycles. The van der Waals surface area contributed by atoms with Gasteiger partial charge in [-0.3, -0.25) is 14.9 Å². The zero-order valence-corrected chi connectivity index (χ0v) is 11.6. The molecule has 0 bridgehead atoms. The normalized spacial score (nSPS) is 10.5. The topological polar surface area (TPSA) is 110 Å². The first-order chi connectivity index (χ1) is 10.1. The second-order valence-electron chi connectivity index (χ2n) is 4.45. The van der Waals surface area contributed by atoms with Gasteiger partial charge in [0.2, 0.25) is 5.91 Å². The molecule has 21 heavy (non-hydrogen) atoms. The Morgan fingerprint density at radius 2 is 2.24 bits per heavy atom. The summed E-state index contributed by atoms with van der Waals surface area (Å²) in [5, 5.41) is 16.3. The minimum absolute atomic E-state index is 0.0453. The molecule has 0 aliphatic rings. The maximum atomic E-state index is 11.4. The van der Waals surface area contributed by atoms with E-state index in [1.165, 1.54) is 18.2 Å². The number of nitrogens with zero attached hydrogens (tertiary/aromatic N) is 2. The second-order valence-corrected chi connectivity index (χ2v) is 4.45. The highest BCUT2D eigenvalue weighted by atomic mass is 16.6. The van der Waals surface area contributed by atoms with E-state index in [1.54, 1.807) is 0 Å². The van der Waals surface area contributed by atoms with Crippen LogP contribution in [0.5, 0.6) is 0 Å². The molecule has 1 amide bonds.